The van der Waals surface area contributed by atoms with E-state index in [1.165, 1.54) is 12.5 Å². The zero-order chi connectivity index (χ0) is 19.4. The highest BCUT2D eigenvalue weighted by atomic mass is 19.1. The van der Waals surface area contributed by atoms with E-state index in [1.54, 1.807) is 18.2 Å². The monoisotopic (exact) mass is 375 g/mol. The van der Waals surface area contributed by atoms with Crippen LogP contribution in [0.2, 0.25) is 0 Å². The summed E-state index contributed by atoms with van der Waals surface area (Å²) >= 11 is 0. The van der Waals surface area contributed by atoms with Crippen LogP contribution in [0.4, 0.5) is 4.39 Å². The molecule has 3 rings (SSSR count). The topological polar surface area (TPSA) is 55.4 Å². The second-order valence-corrected chi connectivity index (χ2v) is 8.29. The second-order valence-electron chi connectivity index (χ2n) is 8.29. The first-order chi connectivity index (χ1) is 12.9. The van der Waals surface area contributed by atoms with Crippen molar-refractivity contribution in [2.24, 2.45) is 11.8 Å². The Labute approximate surface area is 160 Å². The van der Waals surface area contributed by atoms with Gasteiger partial charge < -0.3 is 10.1 Å². The Morgan fingerprint density at radius 2 is 1.85 bits per heavy atom. The maximum atomic E-state index is 14.3. The summed E-state index contributed by atoms with van der Waals surface area (Å²) in [6.07, 6.45) is 6.09. The number of nitrogens with one attached hydrogen (secondary N) is 1. The van der Waals surface area contributed by atoms with Crippen molar-refractivity contribution in [3.63, 3.8) is 0 Å². The van der Waals surface area contributed by atoms with Gasteiger partial charge in [-0.2, -0.15) is 0 Å². The van der Waals surface area contributed by atoms with Gasteiger partial charge in [0.25, 0.3) is 5.91 Å². The van der Waals surface area contributed by atoms with Crippen LogP contribution < -0.4 is 5.32 Å². The molecule has 3 atom stereocenters. The van der Waals surface area contributed by atoms with E-state index in [1.807, 2.05) is 0 Å². The van der Waals surface area contributed by atoms with Crippen molar-refractivity contribution in [2.75, 3.05) is 6.61 Å². The minimum absolute atomic E-state index is 0.131. The molecule has 2 aliphatic carbocycles. The highest BCUT2D eigenvalue weighted by molar-refractivity contribution is 5.87. The average Bonchev–Trinajstić information content (AvgIpc) is 3.15. The summed E-state index contributed by atoms with van der Waals surface area (Å²) in [4.78, 5) is 25.2. The van der Waals surface area contributed by atoms with Crippen molar-refractivity contribution in [1.82, 2.24) is 5.32 Å². The van der Waals surface area contributed by atoms with E-state index < -0.39 is 11.4 Å². The van der Waals surface area contributed by atoms with Crippen LogP contribution >= 0.6 is 0 Å². The van der Waals surface area contributed by atoms with E-state index in [9.17, 15) is 14.0 Å². The van der Waals surface area contributed by atoms with Crippen molar-refractivity contribution in [3.05, 3.63) is 35.6 Å². The van der Waals surface area contributed by atoms with E-state index in [0.29, 0.717) is 30.2 Å². The molecular weight excluding hydrogens is 345 g/mol. The molecule has 0 radical (unpaired) electrons. The van der Waals surface area contributed by atoms with Gasteiger partial charge in [-0.25, -0.2) is 4.39 Å². The number of hydrogen-bond donors (Lipinski definition) is 1. The number of benzene rings is 1. The smallest absolute Gasteiger partial charge is 0.317 e. The highest BCUT2D eigenvalue weighted by Crippen LogP contribution is 2.43. The summed E-state index contributed by atoms with van der Waals surface area (Å²) in [5.41, 5.74) is -0.569. The number of ether oxygens (including phenoxy) is 1. The molecule has 2 saturated carbocycles. The molecule has 0 heterocycles. The SMILES string of the molecule is CC1CCCC(NC(=O)COC(=O)C2(c3ccccc3F)CCCC2)C1C. The fourth-order valence-electron chi connectivity index (χ4n) is 4.71. The summed E-state index contributed by atoms with van der Waals surface area (Å²) in [5.74, 6) is -0.139. The van der Waals surface area contributed by atoms with Crippen LogP contribution in [0.1, 0.15) is 64.4 Å². The van der Waals surface area contributed by atoms with Gasteiger partial charge in [0.2, 0.25) is 0 Å². The molecule has 0 aromatic heterocycles. The molecule has 1 aromatic carbocycles. The highest BCUT2D eigenvalue weighted by Gasteiger charge is 2.46. The second kappa shape index (κ2) is 8.41. The molecule has 2 fully saturated rings. The Morgan fingerprint density at radius 1 is 1.15 bits per heavy atom. The van der Waals surface area contributed by atoms with Gasteiger partial charge in [0.1, 0.15) is 5.82 Å². The quantitative estimate of drug-likeness (QED) is 0.788. The molecule has 0 aliphatic heterocycles. The number of rotatable bonds is 5. The zero-order valence-corrected chi connectivity index (χ0v) is 16.3. The third-order valence-electron chi connectivity index (χ3n) is 6.62. The Balaban J connectivity index is 1.62. The molecule has 148 valence electrons. The number of carbonyl (C=O) groups is 2. The van der Waals surface area contributed by atoms with Crippen LogP contribution in [0.15, 0.2) is 24.3 Å². The molecule has 1 amide bonds. The van der Waals surface area contributed by atoms with Crippen molar-refractivity contribution in [1.29, 1.82) is 0 Å². The Morgan fingerprint density at radius 3 is 2.56 bits per heavy atom. The normalized spacial score (nSPS) is 27.1. The number of carbonyl (C=O) groups excluding carboxylic acids is 2. The average molecular weight is 375 g/mol. The van der Waals surface area contributed by atoms with E-state index in [-0.39, 0.29) is 24.4 Å². The summed E-state index contributed by atoms with van der Waals surface area (Å²) in [5, 5.41) is 3.02. The Kier molecular flexibility index (Phi) is 6.18. The molecule has 0 bridgehead atoms. The number of esters is 1. The fraction of sp³-hybridized carbons (Fsp3) is 0.636. The first-order valence-electron chi connectivity index (χ1n) is 10.2. The lowest BCUT2D eigenvalue weighted by atomic mass is 9.78. The van der Waals surface area contributed by atoms with E-state index in [2.05, 4.69) is 19.2 Å². The molecule has 4 nitrogen and oxygen atoms in total. The summed E-state index contributed by atoms with van der Waals surface area (Å²) in [6.45, 7) is 4.07. The fourth-order valence-corrected chi connectivity index (χ4v) is 4.71. The van der Waals surface area contributed by atoms with Crippen LogP contribution in [0.25, 0.3) is 0 Å². The predicted molar refractivity (Wildman–Crippen MR) is 102 cm³/mol. The van der Waals surface area contributed by atoms with Crippen molar-refractivity contribution in [2.45, 2.75) is 70.3 Å². The largest absolute Gasteiger partial charge is 0.455 e. The van der Waals surface area contributed by atoms with Gasteiger partial charge in [0.15, 0.2) is 6.61 Å². The van der Waals surface area contributed by atoms with Gasteiger partial charge in [-0.1, -0.05) is 57.7 Å². The maximum absolute atomic E-state index is 14.3. The van der Waals surface area contributed by atoms with Gasteiger partial charge in [-0.05, 0) is 37.2 Å². The molecule has 1 aromatic rings. The van der Waals surface area contributed by atoms with E-state index in [4.69, 9.17) is 4.74 Å². The number of amides is 1. The lowest BCUT2D eigenvalue weighted by Crippen LogP contribution is -2.46. The molecule has 3 unspecified atom stereocenters. The summed E-state index contributed by atoms with van der Waals surface area (Å²) < 4.78 is 19.7. The van der Waals surface area contributed by atoms with Gasteiger partial charge in [0, 0.05) is 11.6 Å². The summed E-state index contributed by atoms with van der Waals surface area (Å²) in [7, 11) is 0. The Hall–Kier alpha value is -1.91. The lowest BCUT2D eigenvalue weighted by Gasteiger charge is -2.34. The van der Waals surface area contributed by atoms with Crippen LogP contribution in [-0.2, 0) is 19.7 Å². The van der Waals surface area contributed by atoms with Crippen LogP contribution in [-0.4, -0.2) is 24.5 Å². The predicted octanol–water partition coefficient (Wildman–Crippen LogP) is 4.12. The van der Waals surface area contributed by atoms with Crippen LogP contribution in [0.3, 0.4) is 0 Å². The molecule has 0 saturated heterocycles. The third kappa shape index (κ3) is 4.17. The first kappa shape index (κ1) is 19.8. The standard InChI is InChI=1S/C22H30FNO3/c1-15-8-7-11-19(16(15)2)24-20(25)14-27-21(26)22(12-5-6-13-22)17-9-3-4-10-18(17)23/h3-4,9-10,15-16,19H,5-8,11-14H2,1-2H3,(H,24,25). The molecule has 1 N–H and O–H groups in total. The number of halogens is 1. The molecule has 5 heteroatoms. The third-order valence-corrected chi connectivity index (χ3v) is 6.62. The molecule has 2 aliphatic rings. The Bertz CT molecular complexity index is 684. The lowest BCUT2D eigenvalue weighted by molar-refractivity contribution is -0.154. The minimum atomic E-state index is -0.960. The van der Waals surface area contributed by atoms with Crippen molar-refractivity contribution < 1.29 is 18.7 Å². The molecule has 0 spiro atoms. The van der Waals surface area contributed by atoms with Gasteiger partial charge in [-0.15, -0.1) is 0 Å². The molecular formula is C22H30FNO3. The minimum Gasteiger partial charge on any atom is -0.455 e. The van der Waals surface area contributed by atoms with Crippen LogP contribution in [0, 0.1) is 17.7 Å². The molecule has 27 heavy (non-hydrogen) atoms. The number of hydrogen-bond acceptors (Lipinski definition) is 3. The van der Waals surface area contributed by atoms with E-state index >= 15 is 0 Å². The summed E-state index contributed by atoms with van der Waals surface area (Å²) in [6, 6.07) is 6.53. The van der Waals surface area contributed by atoms with Gasteiger partial charge in [-0.3, -0.25) is 9.59 Å². The van der Waals surface area contributed by atoms with Crippen molar-refractivity contribution in [3.8, 4) is 0 Å². The van der Waals surface area contributed by atoms with Crippen molar-refractivity contribution >= 4 is 11.9 Å². The first-order valence-corrected chi connectivity index (χ1v) is 10.2. The van der Waals surface area contributed by atoms with Gasteiger partial charge in [0.05, 0.1) is 5.41 Å². The zero-order valence-electron chi connectivity index (χ0n) is 16.3. The maximum Gasteiger partial charge on any atom is 0.317 e. The van der Waals surface area contributed by atoms with Gasteiger partial charge >= 0.3 is 5.97 Å². The van der Waals surface area contributed by atoms with Crippen LogP contribution in [0.5, 0.6) is 0 Å². The van der Waals surface area contributed by atoms with E-state index in [0.717, 1.165) is 25.7 Å².